The van der Waals surface area contributed by atoms with Gasteiger partial charge in [-0.1, -0.05) is 0 Å². The molecule has 1 aliphatic rings. The number of carbonyl (C=O) groups is 1. The van der Waals surface area contributed by atoms with E-state index in [0.717, 1.165) is 11.3 Å². The van der Waals surface area contributed by atoms with Crippen molar-refractivity contribution in [1.29, 1.82) is 0 Å². The van der Waals surface area contributed by atoms with Gasteiger partial charge >= 0.3 is 5.97 Å². The molecule has 8 heteroatoms. The number of nitrogens with zero attached hydrogens (tertiary/aromatic N) is 1. The zero-order valence-corrected chi connectivity index (χ0v) is 12.3. The van der Waals surface area contributed by atoms with Crippen molar-refractivity contribution in [3.8, 4) is 0 Å². The molecule has 19 heavy (non-hydrogen) atoms. The molecule has 2 heterocycles. The SMILES string of the molecule is COC(=O)c1ccc(S(=O)(=O)N2CC[C@@H](OC)C2)s1. The summed E-state index contributed by atoms with van der Waals surface area (Å²) >= 11 is 0.923. The van der Waals surface area contributed by atoms with Gasteiger partial charge in [-0.25, -0.2) is 13.2 Å². The van der Waals surface area contributed by atoms with Crippen molar-refractivity contribution >= 4 is 27.3 Å². The molecule has 1 aromatic heterocycles. The van der Waals surface area contributed by atoms with Crippen LogP contribution in [0.1, 0.15) is 16.1 Å². The van der Waals surface area contributed by atoms with E-state index >= 15 is 0 Å². The van der Waals surface area contributed by atoms with Gasteiger partial charge in [-0.15, -0.1) is 11.3 Å². The number of hydrogen-bond donors (Lipinski definition) is 0. The van der Waals surface area contributed by atoms with Crippen LogP contribution in [0.25, 0.3) is 0 Å². The summed E-state index contributed by atoms with van der Waals surface area (Å²) in [5.41, 5.74) is 0. The van der Waals surface area contributed by atoms with Crippen molar-refractivity contribution in [3.05, 3.63) is 17.0 Å². The molecule has 1 aliphatic heterocycles. The van der Waals surface area contributed by atoms with Crippen LogP contribution in [-0.4, -0.2) is 52.1 Å². The summed E-state index contributed by atoms with van der Waals surface area (Å²) in [4.78, 5) is 11.6. The van der Waals surface area contributed by atoms with Crippen LogP contribution in [0.5, 0.6) is 0 Å². The lowest BCUT2D eigenvalue weighted by atomic mass is 10.3. The fraction of sp³-hybridized carbons (Fsp3) is 0.545. The predicted molar refractivity (Wildman–Crippen MR) is 69.8 cm³/mol. The second kappa shape index (κ2) is 5.58. The predicted octanol–water partition coefficient (Wildman–Crippen LogP) is 0.944. The lowest BCUT2D eigenvalue weighted by molar-refractivity contribution is 0.0606. The first-order valence-electron chi connectivity index (χ1n) is 5.70. The third-order valence-corrected chi connectivity index (χ3v) is 6.40. The quantitative estimate of drug-likeness (QED) is 0.774. The first-order valence-corrected chi connectivity index (χ1v) is 7.95. The molecule has 106 valence electrons. The minimum absolute atomic E-state index is 0.0604. The Morgan fingerprint density at radius 2 is 2.16 bits per heavy atom. The van der Waals surface area contributed by atoms with Gasteiger partial charge in [-0.05, 0) is 18.6 Å². The molecule has 0 aromatic carbocycles. The summed E-state index contributed by atoms with van der Waals surface area (Å²) in [6.45, 7) is 0.788. The Balaban J connectivity index is 2.21. The summed E-state index contributed by atoms with van der Waals surface area (Å²) < 4.78 is 36.0. The standard InChI is InChI=1S/C11H15NO5S2/c1-16-8-5-6-12(7-8)19(14,15)10-4-3-9(18-10)11(13)17-2/h3-4,8H,5-7H2,1-2H3/t8-/m1/s1. The van der Waals surface area contributed by atoms with Crippen LogP contribution in [-0.2, 0) is 19.5 Å². The van der Waals surface area contributed by atoms with Crippen molar-refractivity contribution in [2.75, 3.05) is 27.3 Å². The molecule has 1 saturated heterocycles. The minimum atomic E-state index is -3.54. The highest BCUT2D eigenvalue weighted by atomic mass is 32.2. The first kappa shape index (κ1) is 14.4. The Kier molecular flexibility index (Phi) is 4.24. The van der Waals surface area contributed by atoms with Crippen molar-refractivity contribution in [2.45, 2.75) is 16.7 Å². The molecular formula is C11H15NO5S2. The van der Waals surface area contributed by atoms with Gasteiger partial charge in [0.15, 0.2) is 0 Å². The van der Waals surface area contributed by atoms with E-state index in [1.165, 1.54) is 23.5 Å². The maximum absolute atomic E-state index is 12.3. The molecule has 0 amide bonds. The van der Waals surface area contributed by atoms with Gasteiger partial charge in [0.05, 0.1) is 13.2 Å². The highest BCUT2D eigenvalue weighted by molar-refractivity contribution is 7.91. The Labute approximate surface area is 116 Å². The number of ether oxygens (including phenoxy) is 2. The van der Waals surface area contributed by atoms with Crippen LogP contribution in [0.4, 0.5) is 0 Å². The van der Waals surface area contributed by atoms with E-state index in [2.05, 4.69) is 4.74 Å². The normalized spacial score (nSPS) is 20.6. The molecule has 0 spiro atoms. The number of methoxy groups -OCH3 is 2. The lowest BCUT2D eigenvalue weighted by Crippen LogP contribution is -2.29. The minimum Gasteiger partial charge on any atom is -0.465 e. The second-order valence-corrected chi connectivity index (χ2v) is 7.37. The molecule has 0 N–H and O–H groups in total. The van der Waals surface area contributed by atoms with Gasteiger partial charge in [0, 0.05) is 20.2 Å². The van der Waals surface area contributed by atoms with Crippen molar-refractivity contribution in [3.63, 3.8) is 0 Å². The summed E-state index contributed by atoms with van der Waals surface area (Å²) in [5.74, 6) is -0.525. The average Bonchev–Trinajstić information content (AvgIpc) is 3.06. The third kappa shape index (κ3) is 2.81. The van der Waals surface area contributed by atoms with Gasteiger partial charge in [0.2, 0.25) is 0 Å². The van der Waals surface area contributed by atoms with E-state index in [1.54, 1.807) is 7.11 Å². The first-order chi connectivity index (χ1) is 8.98. The monoisotopic (exact) mass is 305 g/mol. The van der Waals surface area contributed by atoms with Gasteiger partial charge < -0.3 is 9.47 Å². The van der Waals surface area contributed by atoms with Crippen LogP contribution in [0, 0.1) is 0 Å². The molecule has 0 bridgehead atoms. The van der Waals surface area contributed by atoms with E-state index in [0.29, 0.717) is 19.5 Å². The average molecular weight is 305 g/mol. The van der Waals surface area contributed by atoms with Crippen LogP contribution in [0.2, 0.25) is 0 Å². The summed E-state index contributed by atoms with van der Waals surface area (Å²) in [5, 5.41) is 0. The molecule has 6 nitrogen and oxygen atoms in total. The summed E-state index contributed by atoms with van der Waals surface area (Å²) in [6, 6.07) is 2.90. The molecule has 0 unspecified atom stereocenters. The maximum Gasteiger partial charge on any atom is 0.348 e. The highest BCUT2D eigenvalue weighted by Crippen LogP contribution is 2.28. The Morgan fingerprint density at radius 1 is 1.42 bits per heavy atom. The number of carbonyl (C=O) groups excluding carboxylic acids is 1. The van der Waals surface area contributed by atoms with Crippen LogP contribution < -0.4 is 0 Å². The van der Waals surface area contributed by atoms with E-state index in [4.69, 9.17) is 4.74 Å². The summed E-state index contributed by atoms with van der Waals surface area (Å²) in [6.07, 6.45) is 0.625. The molecule has 2 rings (SSSR count). The van der Waals surface area contributed by atoms with Crippen LogP contribution in [0.15, 0.2) is 16.3 Å². The van der Waals surface area contributed by atoms with Gasteiger partial charge in [0.1, 0.15) is 9.09 Å². The van der Waals surface area contributed by atoms with Crippen LogP contribution >= 0.6 is 11.3 Å². The molecule has 0 saturated carbocycles. The number of rotatable bonds is 4. The smallest absolute Gasteiger partial charge is 0.348 e. The Bertz CT molecular complexity index is 565. The molecule has 1 aromatic rings. The van der Waals surface area contributed by atoms with E-state index in [9.17, 15) is 13.2 Å². The molecule has 0 radical (unpaired) electrons. The number of thiophene rings is 1. The molecule has 0 aliphatic carbocycles. The Hall–Kier alpha value is -0.960. The molecular weight excluding hydrogens is 290 g/mol. The van der Waals surface area contributed by atoms with Gasteiger partial charge in [-0.3, -0.25) is 0 Å². The fourth-order valence-corrected chi connectivity index (χ4v) is 4.77. The van der Waals surface area contributed by atoms with E-state index < -0.39 is 16.0 Å². The Morgan fingerprint density at radius 3 is 2.74 bits per heavy atom. The van der Waals surface area contributed by atoms with E-state index in [1.807, 2.05) is 0 Å². The summed E-state index contributed by atoms with van der Waals surface area (Å²) in [7, 11) is -0.704. The van der Waals surface area contributed by atoms with Gasteiger partial charge in [-0.2, -0.15) is 4.31 Å². The highest BCUT2D eigenvalue weighted by Gasteiger charge is 2.33. The zero-order valence-electron chi connectivity index (χ0n) is 10.7. The largest absolute Gasteiger partial charge is 0.465 e. The molecule has 1 atom stereocenters. The van der Waals surface area contributed by atoms with Gasteiger partial charge in [0.25, 0.3) is 10.0 Å². The molecule has 1 fully saturated rings. The lowest BCUT2D eigenvalue weighted by Gasteiger charge is -2.14. The number of sulfonamides is 1. The number of esters is 1. The van der Waals surface area contributed by atoms with Crippen LogP contribution in [0.3, 0.4) is 0 Å². The maximum atomic E-state index is 12.3. The fourth-order valence-electron chi connectivity index (χ4n) is 1.90. The second-order valence-electron chi connectivity index (χ2n) is 4.12. The van der Waals surface area contributed by atoms with Crippen molar-refractivity contribution in [1.82, 2.24) is 4.31 Å². The van der Waals surface area contributed by atoms with Crippen molar-refractivity contribution in [2.24, 2.45) is 0 Å². The third-order valence-electron chi connectivity index (χ3n) is 3.00. The number of hydrogen-bond acceptors (Lipinski definition) is 6. The van der Waals surface area contributed by atoms with Crippen molar-refractivity contribution < 1.29 is 22.7 Å². The van der Waals surface area contributed by atoms with E-state index in [-0.39, 0.29) is 15.2 Å². The topological polar surface area (TPSA) is 72.9 Å². The zero-order chi connectivity index (χ0) is 14.0.